The molecule has 1 aromatic heterocycles. The highest BCUT2D eigenvalue weighted by Crippen LogP contribution is 2.35. The second kappa shape index (κ2) is 5.93. The summed E-state index contributed by atoms with van der Waals surface area (Å²) in [6.07, 6.45) is 3.65. The molecule has 5 heteroatoms. The minimum atomic E-state index is -0.0869. The lowest BCUT2D eigenvalue weighted by atomic mass is 10.1. The molecule has 1 atom stereocenters. The summed E-state index contributed by atoms with van der Waals surface area (Å²) >= 11 is 1.28. The summed E-state index contributed by atoms with van der Waals surface area (Å²) in [5.41, 5.74) is 1.08. The number of aryl methyl sites for hydroxylation is 1. The van der Waals surface area contributed by atoms with Crippen molar-refractivity contribution in [2.45, 2.75) is 5.25 Å². The Kier molecular flexibility index (Phi) is 4.27. The molecule has 0 bridgehead atoms. The van der Waals surface area contributed by atoms with Gasteiger partial charge < -0.3 is 9.47 Å². The number of benzene rings is 1. The standard InChI is InChI=1S/C14H17N3OS/c1-16(2)14(18)19-12(11-7-5-4-6-8-11)13-15-9-10-17(13)3/h4-10,12H,1-3H3. The van der Waals surface area contributed by atoms with Gasteiger partial charge in [0, 0.05) is 33.5 Å². The number of hydrogen-bond acceptors (Lipinski definition) is 3. The highest BCUT2D eigenvalue weighted by atomic mass is 32.2. The van der Waals surface area contributed by atoms with Gasteiger partial charge in [0.1, 0.15) is 5.82 Å². The third-order valence-corrected chi connectivity index (χ3v) is 4.06. The number of carbonyl (C=O) groups is 1. The van der Waals surface area contributed by atoms with E-state index in [1.165, 1.54) is 11.8 Å². The van der Waals surface area contributed by atoms with Gasteiger partial charge in [-0.1, -0.05) is 30.3 Å². The Bertz CT molecular complexity index is 551. The Hall–Kier alpha value is -1.75. The molecule has 0 saturated heterocycles. The van der Waals surface area contributed by atoms with E-state index in [1.807, 2.05) is 48.1 Å². The van der Waals surface area contributed by atoms with Crippen LogP contribution in [0.2, 0.25) is 0 Å². The highest BCUT2D eigenvalue weighted by Gasteiger charge is 2.23. The Morgan fingerprint density at radius 1 is 1.32 bits per heavy atom. The number of imidazole rings is 1. The predicted molar refractivity (Wildman–Crippen MR) is 78.2 cm³/mol. The SMILES string of the molecule is CN(C)C(=O)SC(c1ccccc1)c1nccn1C. The molecule has 1 heterocycles. The van der Waals surface area contributed by atoms with Crippen LogP contribution in [0, 0.1) is 0 Å². The summed E-state index contributed by atoms with van der Waals surface area (Å²) in [5, 5.41) is -0.0621. The van der Waals surface area contributed by atoms with Gasteiger partial charge in [-0.05, 0) is 17.3 Å². The van der Waals surface area contributed by atoms with Crippen molar-refractivity contribution in [2.75, 3.05) is 14.1 Å². The van der Waals surface area contributed by atoms with E-state index in [0.717, 1.165) is 11.4 Å². The summed E-state index contributed by atoms with van der Waals surface area (Å²) in [4.78, 5) is 17.9. The van der Waals surface area contributed by atoms with E-state index in [-0.39, 0.29) is 10.5 Å². The summed E-state index contributed by atoms with van der Waals surface area (Å²) in [7, 11) is 5.46. The van der Waals surface area contributed by atoms with Gasteiger partial charge in [0.15, 0.2) is 0 Å². The fourth-order valence-electron chi connectivity index (χ4n) is 1.73. The fourth-order valence-corrected chi connectivity index (χ4v) is 2.77. The molecular weight excluding hydrogens is 258 g/mol. The first kappa shape index (κ1) is 13.7. The topological polar surface area (TPSA) is 38.1 Å². The molecule has 19 heavy (non-hydrogen) atoms. The molecule has 1 aromatic carbocycles. The van der Waals surface area contributed by atoms with Crippen molar-refractivity contribution in [2.24, 2.45) is 7.05 Å². The zero-order valence-electron chi connectivity index (χ0n) is 11.3. The number of thioether (sulfide) groups is 1. The molecule has 1 unspecified atom stereocenters. The lowest BCUT2D eigenvalue weighted by Crippen LogP contribution is -2.19. The molecule has 0 aliphatic heterocycles. The molecule has 0 aliphatic carbocycles. The van der Waals surface area contributed by atoms with E-state index in [4.69, 9.17) is 0 Å². The number of hydrogen-bond donors (Lipinski definition) is 0. The van der Waals surface area contributed by atoms with Gasteiger partial charge in [-0.3, -0.25) is 4.79 Å². The smallest absolute Gasteiger partial charge is 0.282 e. The maximum Gasteiger partial charge on any atom is 0.282 e. The van der Waals surface area contributed by atoms with Crippen molar-refractivity contribution < 1.29 is 4.79 Å². The molecule has 0 saturated carbocycles. The zero-order valence-corrected chi connectivity index (χ0v) is 12.1. The number of carbonyl (C=O) groups excluding carboxylic acids is 1. The van der Waals surface area contributed by atoms with Crippen molar-refractivity contribution in [3.63, 3.8) is 0 Å². The first-order chi connectivity index (χ1) is 9.09. The van der Waals surface area contributed by atoms with Gasteiger partial charge in [0.2, 0.25) is 0 Å². The Morgan fingerprint density at radius 2 is 2.00 bits per heavy atom. The van der Waals surface area contributed by atoms with Crippen molar-refractivity contribution in [1.82, 2.24) is 14.5 Å². The third-order valence-electron chi connectivity index (χ3n) is 2.78. The van der Waals surface area contributed by atoms with Crippen LogP contribution in [0.4, 0.5) is 4.79 Å². The quantitative estimate of drug-likeness (QED) is 0.864. The van der Waals surface area contributed by atoms with Gasteiger partial charge in [-0.15, -0.1) is 0 Å². The number of aromatic nitrogens is 2. The van der Waals surface area contributed by atoms with Crippen molar-refractivity contribution >= 4 is 17.0 Å². The van der Waals surface area contributed by atoms with Crippen LogP contribution >= 0.6 is 11.8 Å². The molecule has 0 spiro atoms. The van der Waals surface area contributed by atoms with Gasteiger partial charge in [0.25, 0.3) is 5.24 Å². The largest absolute Gasteiger partial charge is 0.340 e. The summed E-state index contributed by atoms with van der Waals surface area (Å²) in [5.74, 6) is 0.881. The maximum atomic E-state index is 12.0. The summed E-state index contributed by atoms with van der Waals surface area (Å²) in [6.45, 7) is 0. The molecule has 0 radical (unpaired) electrons. The number of rotatable bonds is 3. The second-order valence-electron chi connectivity index (χ2n) is 4.47. The van der Waals surface area contributed by atoms with E-state index < -0.39 is 0 Å². The molecule has 2 rings (SSSR count). The minimum Gasteiger partial charge on any atom is -0.340 e. The average Bonchev–Trinajstić information content (AvgIpc) is 2.82. The van der Waals surface area contributed by atoms with E-state index >= 15 is 0 Å². The maximum absolute atomic E-state index is 12.0. The van der Waals surface area contributed by atoms with Crippen LogP contribution in [-0.2, 0) is 7.05 Å². The first-order valence-electron chi connectivity index (χ1n) is 5.99. The van der Waals surface area contributed by atoms with Gasteiger partial charge in [-0.2, -0.15) is 0 Å². The average molecular weight is 275 g/mol. The molecule has 0 aliphatic rings. The summed E-state index contributed by atoms with van der Waals surface area (Å²) in [6, 6.07) is 9.97. The summed E-state index contributed by atoms with van der Waals surface area (Å²) < 4.78 is 1.95. The van der Waals surface area contributed by atoms with E-state index in [9.17, 15) is 4.79 Å². The molecule has 0 N–H and O–H groups in total. The molecular formula is C14H17N3OS. The lowest BCUT2D eigenvalue weighted by Gasteiger charge is -2.18. The molecule has 100 valence electrons. The Balaban J connectivity index is 2.35. The van der Waals surface area contributed by atoms with Gasteiger partial charge in [0.05, 0.1) is 5.25 Å². The number of nitrogens with zero attached hydrogens (tertiary/aromatic N) is 3. The van der Waals surface area contributed by atoms with Crippen molar-refractivity contribution in [1.29, 1.82) is 0 Å². The van der Waals surface area contributed by atoms with Crippen LogP contribution in [0.1, 0.15) is 16.6 Å². The lowest BCUT2D eigenvalue weighted by molar-refractivity contribution is 0.241. The van der Waals surface area contributed by atoms with E-state index in [1.54, 1.807) is 25.2 Å². The molecule has 1 amide bonds. The van der Waals surface area contributed by atoms with Crippen LogP contribution in [0.5, 0.6) is 0 Å². The normalized spacial score (nSPS) is 12.2. The van der Waals surface area contributed by atoms with Crippen molar-refractivity contribution in [3.8, 4) is 0 Å². The predicted octanol–water partition coefficient (Wildman–Crippen LogP) is 2.92. The van der Waals surface area contributed by atoms with Gasteiger partial charge in [-0.25, -0.2) is 4.98 Å². The first-order valence-corrected chi connectivity index (χ1v) is 6.87. The van der Waals surface area contributed by atoms with Crippen LogP contribution in [0.15, 0.2) is 42.7 Å². The van der Waals surface area contributed by atoms with E-state index in [0.29, 0.717) is 0 Å². The van der Waals surface area contributed by atoms with Crippen LogP contribution in [-0.4, -0.2) is 33.8 Å². The van der Waals surface area contributed by atoms with E-state index in [2.05, 4.69) is 4.98 Å². The van der Waals surface area contributed by atoms with Crippen LogP contribution < -0.4 is 0 Å². The third kappa shape index (κ3) is 3.17. The molecule has 2 aromatic rings. The fraction of sp³-hybridized carbons (Fsp3) is 0.286. The zero-order chi connectivity index (χ0) is 13.8. The molecule has 0 fully saturated rings. The Labute approximate surface area is 117 Å². The molecule has 4 nitrogen and oxygen atoms in total. The van der Waals surface area contributed by atoms with Gasteiger partial charge >= 0.3 is 0 Å². The minimum absolute atomic E-state index is 0.0249. The van der Waals surface area contributed by atoms with Crippen LogP contribution in [0.3, 0.4) is 0 Å². The van der Waals surface area contributed by atoms with Crippen molar-refractivity contribution in [3.05, 3.63) is 54.1 Å². The Morgan fingerprint density at radius 3 is 2.53 bits per heavy atom. The van der Waals surface area contributed by atoms with Crippen LogP contribution in [0.25, 0.3) is 0 Å². The monoisotopic (exact) mass is 275 g/mol. The second-order valence-corrected chi connectivity index (χ2v) is 5.52. The number of amides is 1. The highest BCUT2D eigenvalue weighted by molar-refractivity contribution is 8.13.